The summed E-state index contributed by atoms with van der Waals surface area (Å²) < 4.78 is 0. The van der Waals surface area contributed by atoms with E-state index in [0.717, 1.165) is 24.5 Å². The van der Waals surface area contributed by atoms with Gasteiger partial charge in [-0.25, -0.2) is 4.79 Å². The molecule has 1 aliphatic heterocycles. The molecule has 0 aromatic heterocycles. The maximum Gasteiger partial charge on any atom is 0.319 e. The van der Waals surface area contributed by atoms with Crippen LogP contribution >= 0.6 is 0 Å². The largest absolute Gasteiger partial charge is 0.481 e. The molecular weight excluding hydrogens is 318 g/mol. The smallest absolute Gasteiger partial charge is 0.319 e. The average Bonchev–Trinajstić information content (AvgIpc) is 2.82. The molecule has 1 aromatic carbocycles. The lowest BCUT2D eigenvalue weighted by atomic mass is 9.99. The molecule has 1 saturated heterocycles. The molecule has 0 spiro atoms. The van der Waals surface area contributed by atoms with Crippen molar-refractivity contribution in [2.75, 3.05) is 23.3 Å². The van der Waals surface area contributed by atoms with Crippen molar-refractivity contribution >= 4 is 23.4 Å². The van der Waals surface area contributed by atoms with E-state index >= 15 is 0 Å². The number of amides is 2. The number of rotatable bonds is 6. The van der Waals surface area contributed by atoms with Crippen LogP contribution in [0.1, 0.15) is 52.4 Å². The van der Waals surface area contributed by atoms with Crippen molar-refractivity contribution in [2.45, 2.75) is 57.9 Å². The monoisotopic (exact) mass is 347 g/mol. The van der Waals surface area contributed by atoms with Crippen LogP contribution in [0.15, 0.2) is 24.3 Å². The van der Waals surface area contributed by atoms with Crippen molar-refractivity contribution in [3.8, 4) is 0 Å². The third-order valence-electron chi connectivity index (χ3n) is 4.49. The van der Waals surface area contributed by atoms with Crippen LogP contribution in [-0.4, -0.2) is 35.7 Å². The number of carboxylic acids is 1. The number of hydrogen-bond donors (Lipinski definition) is 3. The van der Waals surface area contributed by atoms with E-state index in [1.165, 1.54) is 25.7 Å². The van der Waals surface area contributed by atoms with Gasteiger partial charge in [0.25, 0.3) is 0 Å². The summed E-state index contributed by atoms with van der Waals surface area (Å²) in [6.45, 7) is 5.75. The van der Waals surface area contributed by atoms with Crippen LogP contribution < -0.4 is 15.5 Å². The van der Waals surface area contributed by atoms with Crippen LogP contribution in [0, 0.1) is 0 Å². The van der Waals surface area contributed by atoms with E-state index in [-0.39, 0.29) is 12.5 Å². The zero-order valence-corrected chi connectivity index (χ0v) is 15.2. The molecule has 0 saturated carbocycles. The van der Waals surface area contributed by atoms with Gasteiger partial charge in [-0.2, -0.15) is 0 Å². The molecule has 0 atom stereocenters. The molecule has 25 heavy (non-hydrogen) atoms. The summed E-state index contributed by atoms with van der Waals surface area (Å²) >= 11 is 0. The Kier molecular flexibility index (Phi) is 6.67. The second kappa shape index (κ2) is 8.74. The Morgan fingerprint density at radius 3 is 2.48 bits per heavy atom. The van der Waals surface area contributed by atoms with Crippen LogP contribution in [0.2, 0.25) is 0 Å². The van der Waals surface area contributed by atoms with E-state index in [2.05, 4.69) is 21.6 Å². The standard InChI is InChI=1S/C19H29N3O3/c1-19(2,11-10-17(23)24)21-18(25)20-15-8-7-9-16(14-15)22-12-5-3-4-6-13-22/h7-9,14H,3-6,10-13H2,1-2H3,(H,23,24)(H2,20,21,25). The Morgan fingerprint density at radius 2 is 1.84 bits per heavy atom. The van der Waals surface area contributed by atoms with E-state index in [4.69, 9.17) is 5.11 Å². The van der Waals surface area contributed by atoms with E-state index in [1.54, 1.807) is 0 Å². The number of carboxylic acid groups (broad SMARTS) is 1. The number of aliphatic carboxylic acids is 1. The molecule has 1 aromatic rings. The van der Waals surface area contributed by atoms with Gasteiger partial charge in [-0.15, -0.1) is 0 Å². The van der Waals surface area contributed by atoms with Gasteiger partial charge in [-0.05, 0) is 51.3 Å². The molecular formula is C19H29N3O3. The Hall–Kier alpha value is -2.24. The van der Waals surface area contributed by atoms with Crippen molar-refractivity contribution in [1.29, 1.82) is 0 Å². The topological polar surface area (TPSA) is 81.7 Å². The lowest BCUT2D eigenvalue weighted by Crippen LogP contribution is -2.45. The summed E-state index contributed by atoms with van der Waals surface area (Å²) in [4.78, 5) is 25.3. The highest BCUT2D eigenvalue weighted by atomic mass is 16.4. The molecule has 1 fully saturated rings. The van der Waals surface area contributed by atoms with E-state index in [1.807, 2.05) is 32.0 Å². The van der Waals surface area contributed by atoms with Crippen molar-refractivity contribution < 1.29 is 14.7 Å². The van der Waals surface area contributed by atoms with Crippen LogP contribution in [0.4, 0.5) is 16.2 Å². The van der Waals surface area contributed by atoms with Gasteiger partial charge >= 0.3 is 12.0 Å². The minimum Gasteiger partial charge on any atom is -0.481 e. The summed E-state index contributed by atoms with van der Waals surface area (Å²) in [5.41, 5.74) is 1.29. The highest BCUT2D eigenvalue weighted by Gasteiger charge is 2.21. The highest BCUT2D eigenvalue weighted by molar-refractivity contribution is 5.90. The Balaban J connectivity index is 1.94. The number of anilines is 2. The highest BCUT2D eigenvalue weighted by Crippen LogP contribution is 2.23. The fraction of sp³-hybridized carbons (Fsp3) is 0.579. The fourth-order valence-corrected chi connectivity index (χ4v) is 3.06. The van der Waals surface area contributed by atoms with Crippen LogP contribution in [0.3, 0.4) is 0 Å². The molecule has 3 N–H and O–H groups in total. The first-order valence-electron chi connectivity index (χ1n) is 9.02. The van der Waals surface area contributed by atoms with Gasteiger partial charge in [-0.1, -0.05) is 18.9 Å². The van der Waals surface area contributed by atoms with E-state index in [9.17, 15) is 9.59 Å². The number of benzene rings is 1. The van der Waals surface area contributed by atoms with Gasteiger partial charge in [0.1, 0.15) is 0 Å². The number of nitrogens with one attached hydrogen (secondary N) is 2. The zero-order valence-electron chi connectivity index (χ0n) is 15.2. The van der Waals surface area contributed by atoms with E-state index < -0.39 is 11.5 Å². The third kappa shape index (κ3) is 6.64. The number of hydrogen-bond acceptors (Lipinski definition) is 3. The Bertz CT molecular complexity index is 593. The molecule has 0 bridgehead atoms. The minimum absolute atomic E-state index is 0.0255. The van der Waals surface area contributed by atoms with Gasteiger partial charge in [0.2, 0.25) is 0 Å². The van der Waals surface area contributed by atoms with Crippen molar-refractivity contribution in [3.63, 3.8) is 0 Å². The van der Waals surface area contributed by atoms with Gasteiger partial charge in [0.15, 0.2) is 0 Å². The minimum atomic E-state index is -0.861. The first-order chi connectivity index (χ1) is 11.9. The summed E-state index contributed by atoms with van der Waals surface area (Å²) in [6, 6.07) is 7.57. The maximum atomic E-state index is 12.2. The van der Waals surface area contributed by atoms with Gasteiger partial charge in [-0.3, -0.25) is 4.79 Å². The Morgan fingerprint density at radius 1 is 1.16 bits per heavy atom. The molecule has 6 heteroatoms. The molecule has 138 valence electrons. The maximum absolute atomic E-state index is 12.2. The lowest BCUT2D eigenvalue weighted by Gasteiger charge is -2.26. The average molecular weight is 347 g/mol. The molecule has 0 unspecified atom stereocenters. The second-order valence-corrected chi connectivity index (χ2v) is 7.31. The molecule has 6 nitrogen and oxygen atoms in total. The van der Waals surface area contributed by atoms with Crippen LogP contribution in [0.5, 0.6) is 0 Å². The normalized spacial score (nSPS) is 15.4. The molecule has 1 aliphatic rings. The molecule has 2 rings (SSSR count). The van der Waals surface area contributed by atoms with Crippen LogP contribution in [-0.2, 0) is 4.79 Å². The fourth-order valence-electron chi connectivity index (χ4n) is 3.06. The zero-order chi connectivity index (χ0) is 18.3. The van der Waals surface area contributed by atoms with Crippen molar-refractivity contribution in [3.05, 3.63) is 24.3 Å². The molecule has 0 radical (unpaired) electrons. The summed E-state index contributed by atoms with van der Waals surface area (Å²) in [5.74, 6) is -0.861. The van der Waals surface area contributed by atoms with Crippen molar-refractivity contribution in [1.82, 2.24) is 5.32 Å². The number of carbonyl (C=O) groups is 2. The lowest BCUT2D eigenvalue weighted by molar-refractivity contribution is -0.137. The molecule has 0 aliphatic carbocycles. The third-order valence-corrected chi connectivity index (χ3v) is 4.49. The van der Waals surface area contributed by atoms with E-state index in [0.29, 0.717) is 6.42 Å². The molecule has 1 heterocycles. The predicted molar refractivity (Wildman–Crippen MR) is 100 cm³/mol. The van der Waals surface area contributed by atoms with Gasteiger partial charge in [0, 0.05) is 36.4 Å². The summed E-state index contributed by atoms with van der Waals surface area (Å²) in [6.07, 6.45) is 5.37. The first kappa shape index (κ1) is 19.1. The summed E-state index contributed by atoms with van der Waals surface area (Å²) in [7, 11) is 0. The van der Waals surface area contributed by atoms with Gasteiger partial charge in [0.05, 0.1) is 0 Å². The molecule has 2 amide bonds. The predicted octanol–water partition coefficient (Wildman–Crippen LogP) is 3.83. The number of nitrogens with zero attached hydrogens (tertiary/aromatic N) is 1. The van der Waals surface area contributed by atoms with Gasteiger partial charge < -0.3 is 20.6 Å². The first-order valence-corrected chi connectivity index (χ1v) is 9.02. The number of urea groups is 1. The number of carbonyl (C=O) groups excluding carboxylic acids is 1. The van der Waals surface area contributed by atoms with Crippen molar-refractivity contribution in [2.24, 2.45) is 0 Å². The Labute approximate surface area is 149 Å². The summed E-state index contributed by atoms with van der Waals surface area (Å²) in [5, 5.41) is 14.5. The SMILES string of the molecule is CC(C)(CCC(=O)O)NC(=O)Nc1cccc(N2CCCCCC2)c1. The quantitative estimate of drug-likeness (QED) is 0.730. The second-order valence-electron chi connectivity index (χ2n) is 7.31. The van der Waals surface area contributed by atoms with Crippen LogP contribution in [0.25, 0.3) is 0 Å².